The third-order valence-electron chi connectivity index (χ3n) is 5.34. The van der Waals surface area contributed by atoms with Gasteiger partial charge in [-0.3, -0.25) is 4.90 Å². The molecule has 2 heterocycles. The van der Waals surface area contributed by atoms with Gasteiger partial charge in [0, 0.05) is 30.9 Å². The number of aliphatic hydroxyl groups is 1. The smallest absolute Gasteiger partial charge is 0.270 e. The monoisotopic (exact) mass is 433 g/mol. The molecule has 1 aliphatic heterocycles. The molecule has 0 radical (unpaired) electrons. The van der Waals surface area contributed by atoms with Crippen molar-refractivity contribution < 1.29 is 14.4 Å². The number of anilines is 2. The minimum Gasteiger partial charge on any atom is -0.490 e. The van der Waals surface area contributed by atoms with Crippen molar-refractivity contribution in [1.29, 1.82) is 5.26 Å². The second kappa shape index (κ2) is 9.39. The molecule has 0 bridgehead atoms. The van der Waals surface area contributed by atoms with Gasteiger partial charge in [0.2, 0.25) is 0 Å². The van der Waals surface area contributed by atoms with Crippen LogP contribution < -0.4 is 9.64 Å². The summed E-state index contributed by atoms with van der Waals surface area (Å²) in [7, 11) is 2.00. The fourth-order valence-electron chi connectivity index (χ4n) is 3.87. The first-order valence-corrected chi connectivity index (χ1v) is 10.7. The number of ether oxygens (including phenoxy) is 1. The van der Waals surface area contributed by atoms with Gasteiger partial charge in [0.15, 0.2) is 0 Å². The predicted octanol–water partition coefficient (Wildman–Crippen LogP) is 3.51. The molecule has 1 aliphatic rings. The molecule has 4 rings (SSSR count). The normalized spacial score (nSPS) is 13.0. The van der Waals surface area contributed by atoms with E-state index in [1.165, 1.54) is 11.1 Å². The topological polar surface area (TPSA) is 98.7 Å². The molecule has 2 aromatic carbocycles. The number of likely N-dealkylation sites (N-methyl/N-ethyl adjacent to an activating group) is 1. The van der Waals surface area contributed by atoms with Gasteiger partial charge in [-0.25, -0.2) is 0 Å². The summed E-state index contributed by atoms with van der Waals surface area (Å²) in [6.45, 7) is 6.20. The minimum atomic E-state index is -0.0196. The summed E-state index contributed by atoms with van der Waals surface area (Å²) in [5.41, 5.74) is 4.64. The molecule has 0 amide bonds. The Kier molecular flexibility index (Phi) is 6.40. The minimum absolute atomic E-state index is 0.0196. The third-order valence-corrected chi connectivity index (χ3v) is 5.34. The fraction of sp³-hybridized carbons (Fsp3) is 0.375. The van der Waals surface area contributed by atoms with E-state index in [1.807, 2.05) is 31.9 Å². The van der Waals surface area contributed by atoms with Crippen LogP contribution in [0.2, 0.25) is 0 Å². The van der Waals surface area contributed by atoms with Crippen molar-refractivity contribution in [1.82, 2.24) is 15.0 Å². The van der Waals surface area contributed by atoms with E-state index < -0.39 is 0 Å². The highest BCUT2D eigenvalue weighted by atomic mass is 16.5. The Morgan fingerprint density at radius 1 is 1.28 bits per heavy atom. The van der Waals surface area contributed by atoms with Gasteiger partial charge in [-0.15, -0.1) is 0 Å². The van der Waals surface area contributed by atoms with Crippen LogP contribution >= 0.6 is 0 Å². The van der Waals surface area contributed by atoms with Gasteiger partial charge in [-0.2, -0.15) is 10.2 Å². The zero-order valence-corrected chi connectivity index (χ0v) is 18.6. The van der Waals surface area contributed by atoms with E-state index >= 15 is 0 Å². The van der Waals surface area contributed by atoms with Crippen molar-refractivity contribution in [3.63, 3.8) is 0 Å². The predicted molar refractivity (Wildman–Crippen MR) is 121 cm³/mol. The summed E-state index contributed by atoms with van der Waals surface area (Å²) in [4.78, 5) is 8.72. The van der Waals surface area contributed by atoms with Gasteiger partial charge < -0.3 is 19.3 Å². The van der Waals surface area contributed by atoms with Crippen molar-refractivity contribution >= 4 is 11.6 Å². The van der Waals surface area contributed by atoms with Crippen molar-refractivity contribution in [2.24, 2.45) is 0 Å². The van der Waals surface area contributed by atoms with Crippen LogP contribution in [0.5, 0.6) is 5.75 Å². The molecule has 0 saturated carbocycles. The Morgan fingerprint density at radius 2 is 2.12 bits per heavy atom. The van der Waals surface area contributed by atoms with Crippen molar-refractivity contribution in [2.75, 3.05) is 31.6 Å². The molecule has 3 aromatic rings. The van der Waals surface area contributed by atoms with E-state index in [4.69, 9.17) is 14.4 Å². The molecular weight excluding hydrogens is 406 g/mol. The Labute approximate surface area is 187 Å². The van der Waals surface area contributed by atoms with Crippen LogP contribution in [0.1, 0.15) is 30.5 Å². The summed E-state index contributed by atoms with van der Waals surface area (Å²) >= 11 is 0. The number of aromatic nitrogens is 2. The Morgan fingerprint density at radius 3 is 2.88 bits per heavy atom. The first kappa shape index (κ1) is 21.8. The second-order valence-electron chi connectivity index (χ2n) is 8.21. The maximum Gasteiger partial charge on any atom is 0.270 e. The van der Waals surface area contributed by atoms with Crippen molar-refractivity contribution in [3.8, 4) is 23.3 Å². The number of fused-ring (bicyclic) bond motifs is 1. The van der Waals surface area contributed by atoms with Crippen LogP contribution in [0.4, 0.5) is 11.6 Å². The molecule has 8 heteroatoms. The zero-order valence-electron chi connectivity index (χ0n) is 18.6. The molecule has 32 heavy (non-hydrogen) atoms. The molecule has 166 valence electrons. The van der Waals surface area contributed by atoms with Gasteiger partial charge in [-0.1, -0.05) is 12.1 Å². The summed E-state index contributed by atoms with van der Waals surface area (Å²) in [6.07, 6.45) is 0.880. The highest BCUT2D eigenvalue weighted by Gasteiger charge is 2.25. The van der Waals surface area contributed by atoms with Gasteiger partial charge in [0.05, 0.1) is 18.3 Å². The van der Waals surface area contributed by atoms with E-state index in [1.54, 1.807) is 12.1 Å². The highest BCUT2D eigenvalue weighted by Crippen LogP contribution is 2.35. The molecule has 0 unspecified atom stereocenters. The van der Waals surface area contributed by atoms with Crippen LogP contribution in [-0.4, -0.2) is 53.0 Å². The number of hydrogen-bond donors (Lipinski definition) is 1. The Hall–Kier alpha value is -3.41. The lowest BCUT2D eigenvalue weighted by molar-refractivity contribution is 0.217. The van der Waals surface area contributed by atoms with Crippen LogP contribution in [0.25, 0.3) is 11.5 Å². The van der Waals surface area contributed by atoms with Crippen LogP contribution in [-0.2, 0) is 13.0 Å². The zero-order chi connectivity index (χ0) is 22.7. The molecule has 1 aromatic heterocycles. The number of nitrogens with zero attached hydrogens (tertiary/aromatic N) is 5. The Bertz CT molecular complexity index is 1130. The standard InChI is InChI=1S/C24H27N5O3/c1-16(2)31-22-7-5-19(13-20(22)14-25)23-26-24(27-32-23)29-9-8-18-12-17(4-6-21(18)29)15-28(3)10-11-30/h4-7,12-13,16,30H,8-11,15H2,1-3H3. The average molecular weight is 434 g/mol. The summed E-state index contributed by atoms with van der Waals surface area (Å²) < 4.78 is 11.2. The summed E-state index contributed by atoms with van der Waals surface area (Å²) in [6, 6.07) is 13.9. The SMILES string of the molecule is CC(C)Oc1ccc(-c2nc(N3CCc4cc(CN(C)CCO)ccc43)no2)cc1C#N. The van der Waals surface area contributed by atoms with E-state index in [9.17, 15) is 5.26 Å². The first-order valence-electron chi connectivity index (χ1n) is 10.7. The number of hydrogen-bond acceptors (Lipinski definition) is 8. The van der Waals surface area contributed by atoms with E-state index in [0.29, 0.717) is 35.3 Å². The van der Waals surface area contributed by atoms with Crippen LogP contribution in [0, 0.1) is 11.3 Å². The van der Waals surface area contributed by atoms with E-state index in [-0.39, 0.29) is 12.7 Å². The maximum atomic E-state index is 9.48. The summed E-state index contributed by atoms with van der Waals surface area (Å²) in [5.74, 6) is 1.41. The number of benzene rings is 2. The van der Waals surface area contributed by atoms with Crippen LogP contribution in [0.15, 0.2) is 40.9 Å². The van der Waals surface area contributed by atoms with Crippen molar-refractivity contribution in [3.05, 3.63) is 53.1 Å². The van der Waals surface area contributed by atoms with E-state index in [0.717, 1.165) is 25.2 Å². The highest BCUT2D eigenvalue weighted by molar-refractivity contribution is 5.68. The second-order valence-corrected chi connectivity index (χ2v) is 8.21. The maximum absolute atomic E-state index is 9.48. The van der Waals surface area contributed by atoms with Crippen molar-refractivity contribution in [2.45, 2.75) is 32.9 Å². The molecule has 0 spiro atoms. The number of aliphatic hydroxyl groups excluding tert-OH is 1. The molecule has 0 atom stereocenters. The van der Waals surface area contributed by atoms with Crippen LogP contribution in [0.3, 0.4) is 0 Å². The summed E-state index contributed by atoms with van der Waals surface area (Å²) in [5, 5.41) is 22.8. The van der Waals surface area contributed by atoms with Gasteiger partial charge in [-0.05, 0) is 67.9 Å². The molecule has 0 saturated heterocycles. The van der Waals surface area contributed by atoms with Gasteiger partial charge in [0.25, 0.3) is 11.8 Å². The number of rotatable bonds is 8. The lowest BCUT2D eigenvalue weighted by atomic mass is 10.1. The third kappa shape index (κ3) is 4.59. The lowest BCUT2D eigenvalue weighted by Gasteiger charge is -2.17. The van der Waals surface area contributed by atoms with E-state index in [2.05, 4.69) is 39.3 Å². The molecular formula is C24H27N5O3. The molecule has 0 aliphatic carbocycles. The largest absolute Gasteiger partial charge is 0.490 e. The lowest BCUT2D eigenvalue weighted by Crippen LogP contribution is -2.21. The molecule has 0 fully saturated rings. The fourth-order valence-corrected chi connectivity index (χ4v) is 3.87. The molecule has 8 nitrogen and oxygen atoms in total. The first-order chi connectivity index (χ1) is 15.5. The Balaban J connectivity index is 1.54. The van der Waals surface area contributed by atoms with Gasteiger partial charge in [0.1, 0.15) is 11.8 Å². The quantitative estimate of drug-likeness (QED) is 0.576. The molecule has 1 N–H and O–H groups in total. The number of nitriles is 1. The average Bonchev–Trinajstić information content (AvgIpc) is 3.40. The van der Waals surface area contributed by atoms with Gasteiger partial charge >= 0.3 is 0 Å².